The van der Waals surface area contributed by atoms with Gasteiger partial charge in [0.15, 0.2) is 0 Å². The fraction of sp³-hybridized carbons (Fsp3) is 0.217. The van der Waals surface area contributed by atoms with Crippen LogP contribution in [0.15, 0.2) is 47.4 Å². The molecule has 32 heavy (non-hydrogen) atoms. The Labute approximate surface area is 189 Å². The van der Waals surface area contributed by atoms with Crippen LogP contribution in [0.25, 0.3) is 0 Å². The number of aryl methyl sites for hydroxylation is 1. The van der Waals surface area contributed by atoms with Crippen molar-refractivity contribution >= 4 is 22.9 Å². The molecule has 1 atom stereocenters. The van der Waals surface area contributed by atoms with Gasteiger partial charge in [-0.2, -0.15) is 5.26 Å². The van der Waals surface area contributed by atoms with E-state index in [1.807, 2.05) is 13.8 Å². The molecule has 8 nitrogen and oxygen atoms in total. The zero-order valence-electron chi connectivity index (χ0n) is 17.8. The third-order valence-electron chi connectivity index (χ3n) is 5.34. The molecule has 4 rings (SSSR count). The number of rotatable bonds is 6. The van der Waals surface area contributed by atoms with Crippen LogP contribution in [0.3, 0.4) is 0 Å². The molecule has 0 bridgehead atoms. The molecule has 0 aliphatic carbocycles. The topological polar surface area (TPSA) is 123 Å². The summed E-state index contributed by atoms with van der Waals surface area (Å²) in [6, 6.07) is 7.23. The largest absolute Gasteiger partial charge is 0.496 e. The average Bonchev–Trinajstić information content (AvgIpc) is 3.31. The van der Waals surface area contributed by atoms with Gasteiger partial charge in [-0.1, -0.05) is 6.07 Å². The molecule has 0 saturated carbocycles. The lowest BCUT2D eigenvalue weighted by Crippen LogP contribution is -2.28. The zero-order chi connectivity index (χ0) is 22.8. The summed E-state index contributed by atoms with van der Waals surface area (Å²) in [5, 5.41) is 12.6. The number of aromatic nitrogens is 2. The van der Waals surface area contributed by atoms with Crippen LogP contribution in [0.2, 0.25) is 0 Å². The van der Waals surface area contributed by atoms with Crippen molar-refractivity contribution in [2.75, 3.05) is 12.4 Å². The number of anilines is 1. The number of nitrogens with zero attached hydrogens (tertiary/aromatic N) is 3. The van der Waals surface area contributed by atoms with Crippen molar-refractivity contribution in [3.63, 3.8) is 0 Å². The van der Waals surface area contributed by atoms with Crippen molar-refractivity contribution in [1.82, 2.24) is 9.97 Å². The van der Waals surface area contributed by atoms with E-state index in [1.165, 1.54) is 18.4 Å². The van der Waals surface area contributed by atoms with Crippen molar-refractivity contribution in [3.8, 4) is 17.7 Å². The first-order valence-electron chi connectivity index (χ1n) is 9.79. The SMILES string of the molecule is COc1cc(C#N)ccc1C1C(C(N)=O)=C(C)Nc2c(C)cnc(OCc3cncs3)c21. The van der Waals surface area contributed by atoms with Crippen molar-refractivity contribution in [2.45, 2.75) is 26.4 Å². The molecular weight excluding hydrogens is 426 g/mol. The minimum Gasteiger partial charge on any atom is -0.496 e. The van der Waals surface area contributed by atoms with Crippen molar-refractivity contribution in [1.29, 1.82) is 5.26 Å². The molecule has 0 radical (unpaired) electrons. The number of ether oxygens (including phenoxy) is 2. The van der Waals surface area contributed by atoms with E-state index < -0.39 is 11.8 Å². The molecule has 1 aliphatic heterocycles. The van der Waals surface area contributed by atoms with Crippen LogP contribution in [0, 0.1) is 18.3 Å². The highest BCUT2D eigenvalue weighted by Gasteiger charge is 2.37. The van der Waals surface area contributed by atoms with Gasteiger partial charge >= 0.3 is 0 Å². The first-order valence-corrected chi connectivity index (χ1v) is 10.7. The fourth-order valence-electron chi connectivity index (χ4n) is 3.88. The minimum absolute atomic E-state index is 0.291. The van der Waals surface area contributed by atoms with Gasteiger partial charge in [0.2, 0.25) is 11.8 Å². The van der Waals surface area contributed by atoms with Crippen LogP contribution < -0.4 is 20.5 Å². The van der Waals surface area contributed by atoms with Gasteiger partial charge in [-0.3, -0.25) is 9.78 Å². The Morgan fingerprint density at radius 2 is 2.16 bits per heavy atom. The smallest absolute Gasteiger partial charge is 0.247 e. The standard InChI is InChI=1S/C23H21N5O3S/c1-12-8-27-23(31-10-15-9-26-11-32-15)20-19(18(22(25)29)13(2)28-21(12)20)16-5-4-14(7-24)6-17(16)30-3/h4-6,8-9,11,19,28H,10H2,1-3H3,(H2,25,29). The number of carbonyl (C=O) groups is 1. The Kier molecular flexibility index (Phi) is 5.79. The summed E-state index contributed by atoms with van der Waals surface area (Å²) in [4.78, 5) is 22.1. The summed E-state index contributed by atoms with van der Waals surface area (Å²) in [5.41, 5.74) is 12.1. The second kappa shape index (κ2) is 8.69. The molecule has 9 heteroatoms. The molecule has 3 N–H and O–H groups in total. The summed E-state index contributed by atoms with van der Waals surface area (Å²) in [6.07, 6.45) is 3.47. The summed E-state index contributed by atoms with van der Waals surface area (Å²) >= 11 is 1.48. The minimum atomic E-state index is -0.588. The van der Waals surface area contributed by atoms with Gasteiger partial charge in [-0.15, -0.1) is 11.3 Å². The molecular formula is C23H21N5O3S. The molecule has 3 aromatic rings. The Morgan fingerprint density at radius 3 is 2.81 bits per heavy atom. The number of fused-ring (bicyclic) bond motifs is 1. The number of primary amides is 1. The summed E-state index contributed by atoms with van der Waals surface area (Å²) in [6.45, 7) is 4.03. The lowest BCUT2D eigenvalue weighted by atomic mass is 9.79. The number of carbonyl (C=O) groups excluding carboxylic acids is 1. The van der Waals surface area contributed by atoms with E-state index in [2.05, 4.69) is 21.4 Å². The van der Waals surface area contributed by atoms with Gasteiger partial charge < -0.3 is 20.5 Å². The Morgan fingerprint density at radius 1 is 1.34 bits per heavy atom. The highest BCUT2D eigenvalue weighted by Crippen LogP contribution is 2.48. The van der Waals surface area contributed by atoms with Crippen molar-refractivity contribution < 1.29 is 14.3 Å². The first-order chi connectivity index (χ1) is 15.4. The summed E-state index contributed by atoms with van der Waals surface area (Å²) in [5.74, 6) is -0.292. The average molecular weight is 448 g/mol. The van der Waals surface area contributed by atoms with Crippen molar-refractivity contribution in [2.24, 2.45) is 5.73 Å². The molecule has 0 saturated heterocycles. The monoisotopic (exact) mass is 447 g/mol. The first kappa shape index (κ1) is 21.3. The number of nitriles is 1. The number of benzene rings is 1. The lowest BCUT2D eigenvalue weighted by molar-refractivity contribution is -0.114. The molecule has 1 aromatic carbocycles. The Balaban J connectivity index is 1.93. The number of hydrogen-bond acceptors (Lipinski definition) is 8. The number of hydrogen-bond donors (Lipinski definition) is 2. The normalized spacial score (nSPS) is 14.9. The van der Waals surface area contributed by atoms with E-state index in [4.69, 9.17) is 15.2 Å². The van der Waals surface area contributed by atoms with Gasteiger partial charge in [0, 0.05) is 29.2 Å². The molecule has 162 valence electrons. The molecule has 1 aliphatic rings. The molecule has 1 unspecified atom stereocenters. The highest BCUT2D eigenvalue weighted by molar-refractivity contribution is 7.09. The number of methoxy groups -OCH3 is 1. The van der Waals surface area contributed by atoms with Crippen LogP contribution in [-0.2, 0) is 11.4 Å². The number of nitrogens with one attached hydrogen (secondary N) is 1. The molecule has 0 fully saturated rings. The predicted molar refractivity (Wildman–Crippen MR) is 120 cm³/mol. The maximum Gasteiger partial charge on any atom is 0.247 e. The lowest BCUT2D eigenvalue weighted by Gasteiger charge is -2.32. The Bertz CT molecular complexity index is 1260. The zero-order valence-corrected chi connectivity index (χ0v) is 18.6. The van der Waals surface area contributed by atoms with Crippen LogP contribution in [0.4, 0.5) is 5.69 Å². The van der Waals surface area contributed by atoms with E-state index >= 15 is 0 Å². The molecule has 0 spiro atoms. The fourth-order valence-corrected chi connectivity index (χ4v) is 4.39. The van der Waals surface area contributed by atoms with Crippen molar-refractivity contribution in [3.05, 3.63) is 74.5 Å². The number of amides is 1. The summed E-state index contributed by atoms with van der Waals surface area (Å²) in [7, 11) is 1.53. The number of thiazole rings is 1. The Hall–Kier alpha value is -3.90. The van der Waals surface area contributed by atoms with E-state index in [9.17, 15) is 10.1 Å². The molecule has 3 heterocycles. The van der Waals surface area contributed by atoms with Gasteiger partial charge in [0.1, 0.15) is 12.4 Å². The van der Waals surface area contributed by atoms with Crippen LogP contribution >= 0.6 is 11.3 Å². The van der Waals surface area contributed by atoms with E-state index in [1.54, 1.807) is 36.1 Å². The quantitative estimate of drug-likeness (QED) is 0.591. The maximum absolute atomic E-state index is 12.6. The van der Waals surface area contributed by atoms with Crippen LogP contribution in [0.5, 0.6) is 11.6 Å². The van der Waals surface area contributed by atoms with Gasteiger partial charge in [0.25, 0.3) is 0 Å². The van der Waals surface area contributed by atoms with Gasteiger partial charge in [-0.25, -0.2) is 4.98 Å². The molecule has 1 amide bonds. The number of nitrogens with two attached hydrogens (primary N) is 1. The van der Waals surface area contributed by atoms with Gasteiger partial charge in [-0.05, 0) is 31.5 Å². The number of pyridine rings is 1. The predicted octanol–water partition coefficient (Wildman–Crippen LogP) is 3.62. The van der Waals surface area contributed by atoms with E-state index in [0.29, 0.717) is 46.2 Å². The number of allylic oxidation sites excluding steroid dienone is 1. The van der Waals surface area contributed by atoms with Crippen LogP contribution in [0.1, 0.15) is 40.0 Å². The third-order valence-corrected chi connectivity index (χ3v) is 6.09. The maximum atomic E-state index is 12.6. The second-order valence-electron chi connectivity index (χ2n) is 7.32. The van der Waals surface area contributed by atoms with E-state index in [-0.39, 0.29) is 0 Å². The third kappa shape index (κ3) is 3.76. The highest BCUT2D eigenvalue weighted by atomic mass is 32.1. The van der Waals surface area contributed by atoms with Gasteiger partial charge in [0.05, 0.1) is 46.3 Å². The second-order valence-corrected chi connectivity index (χ2v) is 8.29. The molecule has 2 aromatic heterocycles. The van der Waals surface area contributed by atoms with E-state index in [0.717, 1.165) is 16.1 Å². The van der Waals surface area contributed by atoms with Crippen LogP contribution in [-0.4, -0.2) is 23.0 Å². The summed E-state index contributed by atoms with van der Waals surface area (Å²) < 4.78 is 11.7.